The molecule has 104 valence electrons. The number of hydrogen-bond acceptors (Lipinski definition) is 4. The monoisotopic (exact) mass is 290 g/mol. The summed E-state index contributed by atoms with van der Waals surface area (Å²) in [5.74, 6) is 0. The van der Waals surface area contributed by atoms with Crippen LogP contribution in [0.3, 0.4) is 0 Å². The van der Waals surface area contributed by atoms with Gasteiger partial charge in [0.25, 0.3) is 0 Å². The third-order valence-corrected chi connectivity index (χ3v) is 3.51. The van der Waals surface area contributed by atoms with Crippen molar-refractivity contribution in [3.8, 4) is 10.7 Å². The van der Waals surface area contributed by atoms with E-state index in [1.54, 1.807) is 19.3 Å². The molecule has 4 nitrogen and oxygen atoms in total. The summed E-state index contributed by atoms with van der Waals surface area (Å²) in [5.41, 5.74) is -0.361. The minimum atomic E-state index is -4.44. The van der Waals surface area contributed by atoms with Crippen LogP contribution in [0.5, 0.6) is 0 Å². The maximum absolute atomic E-state index is 12.9. The highest BCUT2D eigenvalue weighted by atomic mass is 32.1. The SMILES string of the molecule is CCNCc1sc(-c2ccn(C)n2)nc1C(F)(F)F. The summed E-state index contributed by atoms with van der Waals surface area (Å²) in [6.45, 7) is 2.61. The van der Waals surface area contributed by atoms with Gasteiger partial charge in [0.2, 0.25) is 0 Å². The summed E-state index contributed by atoms with van der Waals surface area (Å²) in [6.07, 6.45) is -2.76. The molecule has 19 heavy (non-hydrogen) atoms. The van der Waals surface area contributed by atoms with Gasteiger partial charge in [0.05, 0.1) is 4.88 Å². The molecule has 0 aliphatic heterocycles. The lowest BCUT2D eigenvalue weighted by Gasteiger charge is -2.05. The van der Waals surface area contributed by atoms with E-state index in [2.05, 4.69) is 15.4 Å². The minimum Gasteiger partial charge on any atom is -0.312 e. The second kappa shape index (κ2) is 5.30. The van der Waals surface area contributed by atoms with Crippen molar-refractivity contribution in [2.75, 3.05) is 6.54 Å². The predicted molar refractivity (Wildman–Crippen MR) is 66.7 cm³/mol. The summed E-state index contributed by atoms with van der Waals surface area (Å²) in [6, 6.07) is 1.65. The Morgan fingerprint density at radius 3 is 2.68 bits per heavy atom. The smallest absolute Gasteiger partial charge is 0.312 e. The van der Waals surface area contributed by atoms with Gasteiger partial charge in [-0.15, -0.1) is 11.3 Å². The molecule has 0 spiro atoms. The lowest BCUT2D eigenvalue weighted by atomic mass is 10.3. The average molecular weight is 290 g/mol. The number of nitrogens with zero attached hydrogens (tertiary/aromatic N) is 3. The van der Waals surface area contributed by atoms with Gasteiger partial charge in [0, 0.05) is 19.8 Å². The van der Waals surface area contributed by atoms with E-state index < -0.39 is 11.9 Å². The van der Waals surface area contributed by atoms with Gasteiger partial charge < -0.3 is 5.32 Å². The van der Waals surface area contributed by atoms with Crippen LogP contribution in [0.2, 0.25) is 0 Å². The van der Waals surface area contributed by atoms with Crippen molar-refractivity contribution in [3.05, 3.63) is 22.8 Å². The van der Waals surface area contributed by atoms with Crippen LogP contribution in [0.4, 0.5) is 13.2 Å². The normalized spacial score (nSPS) is 12.1. The maximum atomic E-state index is 12.9. The van der Waals surface area contributed by atoms with Crippen LogP contribution in [0.25, 0.3) is 10.7 Å². The lowest BCUT2D eigenvalue weighted by molar-refractivity contribution is -0.141. The zero-order chi connectivity index (χ0) is 14.0. The number of aromatic nitrogens is 3. The molecule has 0 unspecified atom stereocenters. The van der Waals surface area contributed by atoms with E-state index in [4.69, 9.17) is 0 Å². The first-order valence-electron chi connectivity index (χ1n) is 5.69. The summed E-state index contributed by atoms with van der Waals surface area (Å²) in [5, 5.41) is 7.26. The molecule has 0 saturated heterocycles. The second-order valence-corrected chi connectivity index (χ2v) is 5.03. The van der Waals surface area contributed by atoms with E-state index >= 15 is 0 Å². The largest absolute Gasteiger partial charge is 0.434 e. The third kappa shape index (κ3) is 3.13. The van der Waals surface area contributed by atoms with Crippen molar-refractivity contribution in [2.24, 2.45) is 7.05 Å². The predicted octanol–water partition coefficient (Wildman–Crippen LogP) is 2.67. The molecule has 2 aromatic heterocycles. The van der Waals surface area contributed by atoms with Gasteiger partial charge in [-0.2, -0.15) is 18.3 Å². The number of nitrogens with one attached hydrogen (secondary N) is 1. The van der Waals surface area contributed by atoms with E-state index in [1.807, 2.05) is 6.92 Å². The van der Waals surface area contributed by atoms with E-state index in [1.165, 1.54) is 4.68 Å². The molecule has 0 fully saturated rings. The Morgan fingerprint density at radius 1 is 1.42 bits per heavy atom. The van der Waals surface area contributed by atoms with Gasteiger partial charge in [-0.05, 0) is 12.6 Å². The maximum Gasteiger partial charge on any atom is 0.434 e. The fraction of sp³-hybridized carbons (Fsp3) is 0.455. The quantitative estimate of drug-likeness (QED) is 0.941. The molecule has 0 radical (unpaired) electrons. The van der Waals surface area contributed by atoms with Gasteiger partial charge in [-0.1, -0.05) is 6.92 Å². The Labute approximate surface area is 112 Å². The molecule has 0 atom stereocenters. The Bertz CT molecular complexity index is 559. The zero-order valence-electron chi connectivity index (χ0n) is 10.5. The minimum absolute atomic E-state index is 0.163. The van der Waals surface area contributed by atoms with Crippen LogP contribution in [-0.2, 0) is 19.8 Å². The van der Waals surface area contributed by atoms with Crippen LogP contribution >= 0.6 is 11.3 Å². The Hall–Kier alpha value is -1.41. The van der Waals surface area contributed by atoms with E-state index in [9.17, 15) is 13.2 Å². The Kier molecular flexibility index (Phi) is 3.91. The van der Waals surface area contributed by atoms with Gasteiger partial charge in [-0.3, -0.25) is 4.68 Å². The third-order valence-electron chi connectivity index (χ3n) is 2.43. The van der Waals surface area contributed by atoms with Gasteiger partial charge in [0.15, 0.2) is 5.69 Å². The van der Waals surface area contributed by atoms with Crippen molar-refractivity contribution >= 4 is 11.3 Å². The Balaban J connectivity index is 2.39. The number of thiazole rings is 1. The van der Waals surface area contributed by atoms with Crippen LogP contribution in [0.1, 0.15) is 17.5 Å². The molecule has 2 rings (SSSR count). The van der Waals surface area contributed by atoms with Crippen LogP contribution in [-0.4, -0.2) is 21.3 Å². The van der Waals surface area contributed by atoms with E-state index in [-0.39, 0.29) is 11.4 Å². The van der Waals surface area contributed by atoms with E-state index in [0.29, 0.717) is 17.2 Å². The highest BCUT2D eigenvalue weighted by Crippen LogP contribution is 2.37. The van der Waals surface area contributed by atoms with Gasteiger partial charge >= 0.3 is 6.18 Å². The topological polar surface area (TPSA) is 42.7 Å². The number of aryl methyl sites for hydroxylation is 1. The first-order chi connectivity index (χ1) is 8.91. The molecule has 2 heterocycles. The van der Waals surface area contributed by atoms with Crippen molar-refractivity contribution in [3.63, 3.8) is 0 Å². The van der Waals surface area contributed by atoms with Crippen molar-refractivity contribution in [1.82, 2.24) is 20.1 Å². The van der Waals surface area contributed by atoms with Crippen LogP contribution in [0, 0.1) is 0 Å². The van der Waals surface area contributed by atoms with E-state index in [0.717, 1.165) is 11.3 Å². The second-order valence-electron chi connectivity index (χ2n) is 3.94. The molecule has 0 bridgehead atoms. The summed E-state index contributed by atoms with van der Waals surface area (Å²) in [4.78, 5) is 3.89. The molecule has 2 aromatic rings. The fourth-order valence-electron chi connectivity index (χ4n) is 1.57. The lowest BCUT2D eigenvalue weighted by Crippen LogP contribution is -2.15. The number of hydrogen-bond donors (Lipinski definition) is 1. The van der Waals surface area contributed by atoms with Crippen molar-refractivity contribution in [2.45, 2.75) is 19.6 Å². The molecule has 1 N–H and O–H groups in total. The molecule has 0 aromatic carbocycles. The molecule has 0 amide bonds. The standard InChI is InChI=1S/C11H13F3N4S/c1-3-15-6-8-9(11(12,13)14)16-10(19-8)7-4-5-18(2)17-7/h4-5,15H,3,6H2,1-2H3. The van der Waals surface area contributed by atoms with Crippen LogP contribution < -0.4 is 5.32 Å². The van der Waals surface area contributed by atoms with Crippen molar-refractivity contribution in [1.29, 1.82) is 0 Å². The molecular weight excluding hydrogens is 277 g/mol. The fourth-order valence-corrected chi connectivity index (χ4v) is 2.59. The molecule has 0 aliphatic rings. The average Bonchev–Trinajstić information content (AvgIpc) is 2.91. The number of halogens is 3. The highest BCUT2D eigenvalue weighted by Gasteiger charge is 2.37. The van der Waals surface area contributed by atoms with Gasteiger partial charge in [-0.25, -0.2) is 4.98 Å². The van der Waals surface area contributed by atoms with Gasteiger partial charge in [0.1, 0.15) is 10.7 Å². The molecule has 8 heteroatoms. The first-order valence-corrected chi connectivity index (χ1v) is 6.51. The summed E-state index contributed by atoms with van der Waals surface area (Å²) < 4.78 is 40.2. The summed E-state index contributed by atoms with van der Waals surface area (Å²) >= 11 is 1.02. The molecule has 0 aliphatic carbocycles. The van der Waals surface area contributed by atoms with Crippen molar-refractivity contribution < 1.29 is 13.2 Å². The number of rotatable bonds is 4. The highest BCUT2D eigenvalue weighted by molar-refractivity contribution is 7.15. The zero-order valence-corrected chi connectivity index (χ0v) is 11.3. The molecular formula is C11H13F3N4S. The van der Waals surface area contributed by atoms with Crippen LogP contribution in [0.15, 0.2) is 12.3 Å². The first kappa shape index (κ1) is 14.0. The number of alkyl halides is 3. The molecule has 0 saturated carbocycles. The Morgan fingerprint density at radius 2 is 2.16 bits per heavy atom. The summed E-state index contributed by atoms with van der Waals surface area (Å²) in [7, 11) is 1.71.